The zero-order valence-corrected chi connectivity index (χ0v) is 12.1. The first-order valence-electron chi connectivity index (χ1n) is 6.59. The Hall–Kier alpha value is -1.61. The molecule has 2 unspecified atom stereocenters. The van der Waals surface area contributed by atoms with E-state index in [1.807, 2.05) is 19.9 Å². The van der Waals surface area contributed by atoms with Crippen LogP contribution in [-0.4, -0.2) is 41.1 Å². The van der Waals surface area contributed by atoms with Crippen molar-refractivity contribution in [2.24, 2.45) is 0 Å². The van der Waals surface area contributed by atoms with Gasteiger partial charge in [0.1, 0.15) is 18.5 Å². The third-order valence-corrected chi connectivity index (χ3v) is 3.26. The van der Waals surface area contributed by atoms with Gasteiger partial charge in [0.25, 0.3) is 0 Å². The van der Waals surface area contributed by atoms with Crippen molar-refractivity contribution in [2.75, 3.05) is 13.2 Å². The molecule has 0 aliphatic carbocycles. The highest BCUT2D eigenvalue weighted by atomic mass is 16.5. The summed E-state index contributed by atoms with van der Waals surface area (Å²) < 4.78 is 5.43. The predicted molar refractivity (Wildman–Crippen MR) is 76.4 cm³/mol. The fourth-order valence-corrected chi connectivity index (χ4v) is 1.41. The molecule has 0 bridgehead atoms. The van der Waals surface area contributed by atoms with Gasteiger partial charge in [0.05, 0.1) is 17.7 Å². The largest absolute Gasteiger partial charge is 0.491 e. The van der Waals surface area contributed by atoms with Crippen molar-refractivity contribution in [3.63, 3.8) is 0 Å². The highest BCUT2D eigenvalue weighted by Gasteiger charge is 2.24. The minimum atomic E-state index is -0.677. The van der Waals surface area contributed by atoms with Gasteiger partial charge < -0.3 is 20.3 Å². The van der Waals surface area contributed by atoms with Gasteiger partial charge in [-0.25, -0.2) is 0 Å². The molecular formula is C15H22N2O3. The Morgan fingerprint density at radius 3 is 2.40 bits per heavy atom. The quantitative estimate of drug-likeness (QED) is 0.694. The summed E-state index contributed by atoms with van der Waals surface area (Å²) in [5.74, 6) is 0.609. The van der Waals surface area contributed by atoms with Crippen LogP contribution in [0.5, 0.6) is 5.75 Å². The molecule has 1 aromatic rings. The van der Waals surface area contributed by atoms with Crippen molar-refractivity contribution in [2.45, 2.75) is 38.5 Å². The molecular weight excluding hydrogens is 256 g/mol. The van der Waals surface area contributed by atoms with E-state index in [2.05, 4.69) is 5.32 Å². The lowest BCUT2D eigenvalue weighted by Gasteiger charge is -2.30. The number of hydrogen-bond acceptors (Lipinski definition) is 5. The van der Waals surface area contributed by atoms with Crippen LogP contribution >= 0.6 is 0 Å². The molecule has 5 heteroatoms. The second-order valence-electron chi connectivity index (χ2n) is 5.38. The van der Waals surface area contributed by atoms with E-state index < -0.39 is 17.7 Å². The van der Waals surface area contributed by atoms with Gasteiger partial charge in [0.2, 0.25) is 0 Å². The maximum Gasteiger partial charge on any atom is 0.119 e. The van der Waals surface area contributed by atoms with E-state index in [1.54, 1.807) is 31.2 Å². The third-order valence-electron chi connectivity index (χ3n) is 3.26. The van der Waals surface area contributed by atoms with Gasteiger partial charge in [-0.3, -0.25) is 0 Å². The molecule has 20 heavy (non-hydrogen) atoms. The summed E-state index contributed by atoms with van der Waals surface area (Å²) >= 11 is 0. The number of nitrogens with one attached hydrogen (secondary N) is 1. The Kier molecular flexibility index (Phi) is 5.96. The Labute approximate surface area is 119 Å². The highest BCUT2D eigenvalue weighted by molar-refractivity contribution is 5.34. The van der Waals surface area contributed by atoms with Crippen LogP contribution in [0.1, 0.15) is 26.3 Å². The highest BCUT2D eigenvalue weighted by Crippen LogP contribution is 2.12. The number of ether oxygens (including phenoxy) is 1. The molecule has 1 rings (SSSR count). The molecule has 110 valence electrons. The Morgan fingerprint density at radius 2 is 1.90 bits per heavy atom. The normalized spacial score (nSPS) is 14.4. The minimum Gasteiger partial charge on any atom is -0.491 e. The van der Waals surface area contributed by atoms with Crippen molar-refractivity contribution in [3.05, 3.63) is 29.8 Å². The van der Waals surface area contributed by atoms with E-state index in [-0.39, 0.29) is 6.61 Å². The molecule has 1 aromatic carbocycles. The van der Waals surface area contributed by atoms with Gasteiger partial charge in [-0.2, -0.15) is 5.26 Å². The summed E-state index contributed by atoms with van der Waals surface area (Å²) in [6.45, 7) is 5.91. The Balaban J connectivity index is 2.36. The standard InChI is InChI=1S/C15H22N2O3/c1-11(18)15(2,3)17-9-13(19)10-20-14-6-4-12(8-16)5-7-14/h4-7,11,13,17-19H,9-10H2,1-3H3. The molecule has 5 nitrogen and oxygen atoms in total. The van der Waals surface area contributed by atoms with Crippen LogP contribution in [0, 0.1) is 11.3 Å². The summed E-state index contributed by atoms with van der Waals surface area (Å²) in [7, 11) is 0. The lowest BCUT2D eigenvalue weighted by atomic mass is 9.99. The average molecular weight is 278 g/mol. The van der Waals surface area contributed by atoms with E-state index in [4.69, 9.17) is 10.00 Å². The second kappa shape index (κ2) is 7.25. The summed E-state index contributed by atoms with van der Waals surface area (Å²) in [4.78, 5) is 0. The first-order valence-corrected chi connectivity index (χ1v) is 6.59. The molecule has 0 aliphatic rings. The van der Waals surface area contributed by atoms with Crippen LogP contribution in [0.25, 0.3) is 0 Å². The lowest BCUT2D eigenvalue weighted by molar-refractivity contribution is 0.0648. The van der Waals surface area contributed by atoms with Crippen molar-refractivity contribution in [1.29, 1.82) is 5.26 Å². The minimum absolute atomic E-state index is 0.148. The number of nitriles is 1. The summed E-state index contributed by atoms with van der Waals surface area (Å²) in [5, 5.41) is 31.2. The molecule has 0 heterocycles. The number of nitrogens with zero attached hydrogens (tertiary/aromatic N) is 1. The van der Waals surface area contributed by atoms with Crippen LogP contribution in [0.15, 0.2) is 24.3 Å². The van der Waals surface area contributed by atoms with E-state index >= 15 is 0 Å². The first-order chi connectivity index (χ1) is 9.35. The van der Waals surface area contributed by atoms with Crippen LogP contribution in [0.3, 0.4) is 0 Å². The number of aliphatic hydroxyl groups excluding tert-OH is 2. The molecule has 3 N–H and O–H groups in total. The van der Waals surface area contributed by atoms with Gasteiger partial charge in [-0.05, 0) is 45.0 Å². The number of hydrogen-bond donors (Lipinski definition) is 3. The monoisotopic (exact) mass is 278 g/mol. The average Bonchev–Trinajstić information content (AvgIpc) is 2.43. The van der Waals surface area contributed by atoms with Crippen LogP contribution < -0.4 is 10.1 Å². The number of benzene rings is 1. The van der Waals surface area contributed by atoms with Crippen molar-refractivity contribution < 1.29 is 14.9 Å². The topological polar surface area (TPSA) is 85.5 Å². The maximum atomic E-state index is 9.83. The predicted octanol–water partition coefficient (Wildman–Crippen LogP) is 1.05. The number of aliphatic hydroxyl groups is 2. The summed E-state index contributed by atoms with van der Waals surface area (Å²) in [5.41, 5.74) is 0.105. The van der Waals surface area contributed by atoms with Crippen LogP contribution in [0.4, 0.5) is 0 Å². The molecule has 2 atom stereocenters. The van der Waals surface area contributed by atoms with Crippen LogP contribution in [0.2, 0.25) is 0 Å². The van der Waals surface area contributed by atoms with Gasteiger partial charge in [0.15, 0.2) is 0 Å². The first kappa shape index (κ1) is 16.4. The molecule has 0 aliphatic heterocycles. The number of β-amino-alcohol motifs (C(OH)–C–C–N with tert-alkyl or cyclic N) is 1. The number of rotatable bonds is 7. The zero-order valence-electron chi connectivity index (χ0n) is 12.1. The maximum absolute atomic E-state index is 9.83. The molecule has 0 aromatic heterocycles. The zero-order chi connectivity index (χ0) is 15.2. The molecule has 0 amide bonds. The van der Waals surface area contributed by atoms with E-state index in [0.29, 0.717) is 17.9 Å². The van der Waals surface area contributed by atoms with Gasteiger partial charge >= 0.3 is 0 Å². The summed E-state index contributed by atoms with van der Waals surface area (Å²) in [6, 6.07) is 8.74. The SMILES string of the molecule is CC(O)C(C)(C)NCC(O)COc1ccc(C#N)cc1. The molecule has 0 saturated heterocycles. The van der Waals surface area contributed by atoms with Gasteiger partial charge in [0, 0.05) is 12.1 Å². The molecule has 0 saturated carbocycles. The Morgan fingerprint density at radius 1 is 1.30 bits per heavy atom. The molecule has 0 radical (unpaired) electrons. The molecule has 0 spiro atoms. The summed E-state index contributed by atoms with van der Waals surface area (Å²) in [6.07, 6.45) is -1.20. The van der Waals surface area contributed by atoms with Crippen molar-refractivity contribution in [1.82, 2.24) is 5.32 Å². The van der Waals surface area contributed by atoms with E-state index in [1.165, 1.54) is 0 Å². The van der Waals surface area contributed by atoms with Gasteiger partial charge in [-0.15, -0.1) is 0 Å². The second-order valence-corrected chi connectivity index (χ2v) is 5.38. The fraction of sp³-hybridized carbons (Fsp3) is 0.533. The Bertz CT molecular complexity index is 449. The lowest BCUT2D eigenvalue weighted by Crippen LogP contribution is -2.51. The third kappa shape index (κ3) is 5.17. The smallest absolute Gasteiger partial charge is 0.119 e. The van der Waals surface area contributed by atoms with Gasteiger partial charge in [-0.1, -0.05) is 0 Å². The van der Waals surface area contributed by atoms with E-state index in [9.17, 15) is 10.2 Å². The van der Waals surface area contributed by atoms with Crippen molar-refractivity contribution in [3.8, 4) is 11.8 Å². The van der Waals surface area contributed by atoms with E-state index in [0.717, 1.165) is 0 Å². The van der Waals surface area contributed by atoms with Crippen LogP contribution in [-0.2, 0) is 0 Å². The fourth-order valence-electron chi connectivity index (χ4n) is 1.41. The van der Waals surface area contributed by atoms with Crippen molar-refractivity contribution >= 4 is 0 Å². The molecule has 0 fully saturated rings.